The first-order chi connectivity index (χ1) is 2.00. The van der Waals surface area contributed by atoms with Crippen LogP contribution < -0.4 is 9.50 Å². The Morgan fingerprint density at radius 1 is 1.12 bits per heavy atom. The predicted octanol–water partition coefficient (Wildman–Crippen LogP) is -6.79. The van der Waals surface area contributed by atoms with Gasteiger partial charge in [-0.2, -0.15) is 0 Å². The van der Waals surface area contributed by atoms with E-state index in [1.165, 1.54) is 0 Å². The van der Waals surface area contributed by atoms with Gasteiger partial charge < -0.3 is 29.4 Å². The maximum atomic E-state index is 8.91. The standard InChI is InChI=1S/Al.FH.H3O4Si.H2O/c;;1-5(2,3)4;/h;1H;1-3H;1H2/q+3;;-1;/p-2. The molecular weight excluding hydrogens is 154 g/mol. The molecule has 0 spiro atoms. The molecule has 5 nitrogen and oxygen atoms in total. The van der Waals surface area contributed by atoms with Gasteiger partial charge in [-0.25, -0.2) is 0 Å². The zero-order valence-corrected chi connectivity index (χ0v) is 5.81. The summed E-state index contributed by atoms with van der Waals surface area (Å²) in [6.45, 7) is 0. The molecular formula is H4AlFO5Si. The van der Waals surface area contributed by atoms with Crippen LogP contribution in [0, 0.1) is 0 Å². The second-order valence-electron chi connectivity index (χ2n) is 0.574. The first-order valence-electron chi connectivity index (χ1n) is 0.875. The molecule has 0 bridgehead atoms. The molecule has 4 N–H and O–H groups in total. The number of halogens is 1. The molecule has 0 aliphatic rings. The minimum absolute atomic E-state index is 0. The van der Waals surface area contributed by atoms with E-state index < -0.39 is 9.05 Å². The first kappa shape index (κ1) is 23.6. The quantitative estimate of drug-likeness (QED) is 0.303. The van der Waals surface area contributed by atoms with Crippen LogP contribution >= 0.6 is 0 Å². The molecule has 0 aromatic carbocycles. The van der Waals surface area contributed by atoms with Crippen LogP contribution in [0.15, 0.2) is 0 Å². The average Bonchev–Trinajstić information content (AvgIpc) is 0.722. The fourth-order valence-electron chi connectivity index (χ4n) is 0. The summed E-state index contributed by atoms with van der Waals surface area (Å²) in [5, 5.41) is 0. The zero-order chi connectivity index (χ0) is 4.50. The molecule has 0 saturated carbocycles. The molecule has 0 heterocycles. The van der Waals surface area contributed by atoms with Gasteiger partial charge in [0.25, 0.3) is 0 Å². The van der Waals surface area contributed by atoms with Gasteiger partial charge in [0.05, 0.1) is 0 Å². The third kappa shape index (κ3) is 847. The van der Waals surface area contributed by atoms with Crippen LogP contribution in [-0.2, 0) is 0 Å². The minimum atomic E-state index is -4.86. The van der Waals surface area contributed by atoms with Crippen molar-refractivity contribution in [3.63, 3.8) is 0 Å². The Kier molecular flexibility index (Phi) is 22.1. The summed E-state index contributed by atoms with van der Waals surface area (Å²) >= 11 is 0. The smallest absolute Gasteiger partial charge is 1.00 e. The van der Waals surface area contributed by atoms with Crippen molar-refractivity contribution in [1.82, 2.24) is 0 Å². The summed E-state index contributed by atoms with van der Waals surface area (Å²) in [6.07, 6.45) is 0. The largest absolute Gasteiger partial charge is 3.00 e. The van der Waals surface area contributed by atoms with Gasteiger partial charge in [-0.3, -0.25) is 0 Å². The van der Waals surface area contributed by atoms with Crippen molar-refractivity contribution < 1.29 is 29.4 Å². The van der Waals surface area contributed by atoms with Crippen LogP contribution in [0.2, 0.25) is 0 Å². The van der Waals surface area contributed by atoms with Crippen LogP contribution in [0.1, 0.15) is 0 Å². The maximum absolute atomic E-state index is 8.91. The number of hydrogen-bond donors (Lipinski definition) is 3. The van der Waals surface area contributed by atoms with Crippen LogP contribution in [0.5, 0.6) is 0 Å². The topological polar surface area (TPSA) is 114 Å². The molecule has 0 saturated heterocycles. The third-order valence-corrected chi connectivity index (χ3v) is 0. The van der Waals surface area contributed by atoms with Gasteiger partial charge in [0, 0.05) is 0 Å². The van der Waals surface area contributed by atoms with Crippen LogP contribution in [0.3, 0.4) is 0 Å². The molecule has 0 rings (SSSR count). The molecule has 0 atom stereocenters. The summed E-state index contributed by atoms with van der Waals surface area (Å²) in [6, 6.07) is 0. The Morgan fingerprint density at radius 3 is 1.12 bits per heavy atom. The van der Waals surface area contributed by atoms with Crippen LogP contribution in [0.25, 0.3) is 0 Å². The summed E-state index contributed by atoms with van der Waals surface area (Å²) in [7, 11) is -4.86. The molecule has 0 fully saturated rings. The molecule has 8 heteroatoms. The van der Waals surface area contributed by atoms with Crippen LogP contribution in [0.4, 0.5) is 0 Å². The predicted molar refractivity (Wildman–Crippen MR) is 20.1 cm³/mol. The van der Waals surface area contributed by atoms with E-state index in [0.717, 1.165) is 0 Å². The van der Waals surface area contributed by atoms with Gasteiger partial charge in [-0.15, -0.1) is 0 Å². The molecule has 0 radical (unpaired) electrons. The molecule has 0 unspecified atom stereocenters. The van der Waals surface area contributed by atoms with Crippen molar-refractivity contribution in [3.05, 3.63) is 0 Å². The minimum Gasteiger partial charge on any atom is -1.00 e. The molecule has 0 aliphatic carbocycles. The molecule has 0 aliphatic heterocycles. The summed E-state index contributed by atoms with van der Waals surface area (Å²) in [5.74, 6) is 0. The van der Waals surface area contributed by atoms with Gasteiger partial charge in [-0.05, 0) is 0 Å². The van der Waals surface area contributed by atoms with Crippen molar-refractivity contribution in [2.24, 2.45) is 0 Å². The summed E-state index contributed by atoms with van der Waals surface area (Å²) in [5.41, 5.74) is 0. The molecule has 48 valence electrons. The Labute approximate surface area is 56.5 Å². The Bertz CT molecular complexity index is 27.9. The average molecular weight is 158 g/mol. The molecule has 0 aromatic heterocycles. The molecule has 8 heavy (non-hydrogen) atoms. The van der Waals surface area contributed by atoms with Gasteiger partial charge >= 0.3 is 26.4 Å². The van der Waals surface area contributed by atoms with Crippen molar-refractivity contribution >= 4 is 26.4 Å². The van der Waals surface area contributed by atoms with Gasteiger partial charge in [-0.1, -0.05) is 0 Å². The zero-order valence-electron chi connectivity index (χ0n) is 3.65. The normalized spacial score (nSPS) is 7.50. The van der Waals surface area contributed by atoms with E-state index in [9.17, 15) is 0 Å². The van der Waals surface area contributed by atoms with Crippen molar-refractivity contribution in [3.8, 4) is 0 Å². The summed E-state index contributed by atoms with van der Waals surface area (Å²) in [4.78, 5) is 30.6. The summed E-state index contributed by atoms with van der Waals surface area (Å²) < 4.78 is 0. The van der Waals surface area contributed by atoms with E-state index in [1.807, 2.05) is 0 Å². The second-order valence-corrected chi connectivity index (χ2v) is 1.72. The van der Waals surface area contributed by atoms with E-state index in [4.69, 9.17) is 19.2 Å². The van der Waals surface area contributed by atoms with Crippen molar-refractivity contribution in [2.45, 2.75) is 0 Å². The Hall–Kier alpha value is 0.479. The van der Waals surface area contributed by atoms with E-state index >= 15 is 0 Å². The third-order valence-electron chi connectivity index (χ3n) is 0. The Balaban J connectivity index is -0.0000000267. The van der Waals surface area contributed by atoms with Crippen LogP contribution in [-0.4, -0.2) is 46.3 Å². The number of rotatable bonds is 0. The monoisotopic (exact) mass is 158 g/mol. The van der Waals surface area contributed by atoms with Gasteiger partial charge in [0.1, 0.15) is 0 Å². The molecule has 0 aromatic rings. The Morgan fingerprint density at radius 2 is 1.12 bits per heavy atom. The van der Waals surface area contributed by atoms with Crippen molar-refractivity contribution in [2.75, 3.05) is 0 Å². The second kappa shape index (κ2) is 7.48. The van der Waals surface area contributed by atoms with Gasteiger partial charge in [0.15, 0.2) is 0 Å². The fraction of sp³-hybridized carbons (Fsp3) is 0. The van der Waals surface area contributed by atoms with E-state index in [2.05, 4.69) is 0 Å². The van der Waals surface area contributed by atoms with E-state index in [-0.39, 0.29) is 27.5 Å². The van der Waals surface area contributed by atoms with Gasteiger partial charge in [0.2, 0.25) is 0 Å². The molecule has 0 amide bonds. The fourth-order valence-corrected chi connectivity index (χ4v) is 0. The van der Waals surface area contributed by atoms with Crippen molar-refractivity contribution in [1.29, 1.82) is 0 Å². The maximum Gasteiger partial charge on any atom is 3.00 e. The van der Waals surface area contributed by atoms with E-state index in [1.54, 1.807) is 0 Å². The SMILES string of the molecule is [Al+3].[F-].[O-][Si](O)(O)O.[OH-]. The number of hydrogen-bond acceptors (Lipinski definition) is 5. The van der Waals surface area contributed by atoms with E-state index in [0.29, 0.717) is 0 Å². The first-order valence-corrected chi connectivity index (χ1v) is 2.62.